The fourth-order valence-corrected chi connectivity index (χ4v) is 3.28. The van der Waals surface area contributed by atoms with Crippen molar-refractivity contribution in [3.8, 4) is 0 Å². The van der Waals surface area contributed by atoms with E-state index in [-0.39, 0.29) is 12.5 Å². The summed E-state index contributed by atoms with van der Waals surface area (Å²) in [5, 5.41) is 3.49. The van der Waals surface area contributed by atoms with Crippen LogP contribution in [0.4, 0.5) is 5.69 Å². The Morgan fingerprint density at radius 2 is 2.04 bits per heavy atom. The van der Waals surface area contributed by atoms with Crippen LogP contribution in [-0.2, 0) is 16.1 Å². The Hall–Kier alpha value is -3.20. The van der Waals surface area contributed by atoms with Gasteiger partial charge in [0.1, 0.15) is 11.4 Å². The lowest BCUT2D eigenvalue weighted by molar-refractivity contribution is -0.116. The van der Waals surface area contributed by atoms with Gasteiger partial charge in [0.25, 0.3) is 5.56 Å². The van der Waals surface area contributed by atoms with Crippen molar-refractivity contribution >= 4 is 39.0 Å². The Kier molecular flexibility index (Phi) is 4.99. The van der Waals surface area contributed by atoms with Crippen LogP contribution in [0, 0.1) is 0 Å². The first-order chi connectivity index (χ1) is 12.5. The highest BCUT2D eigenvalue weighted by molar-refractivity contribution is 7.20. The molecule has 0 bridgehead atoms. The van der Waals surface area contributed by atoms with Gasteiger partial charge in [-0.1, -0.05) is 0 Å². The summed E-state index contributed by atoms with van der Waals surface area (Å²) in [5.74, 6) is -0.795. The van der Waals surface area contributed by atoms with Crippen molar-refractivity contribution < 1.29 is 14.3 Å². The summed E-state index contributed by atoms with van der Waals surface area (Å²) in [6.07, 6.45) is 1.26. The number of H-pyrrole nitrogens is 1. The molecule has 3 aromatic rings. The van der Waals surface area contributed by atoms with Crippen molar-refractivity contribution in [3.05, 3.63) is 62.2 Å². The lowest BCUT2D eigenvalue weighted by Gasteiger charge is -2.07. The van der Waals surface area contributed by atoms with Crippen LogP contribution in [0.2, 0.25) is 0 Å². The van der Waals surface area contributed by atoms with E-state index in [1.54, 1.807) is 31.2 Å². The number of fused-ring (bicyclic) bond motifs is 1. The zero-order chi connectivity index (χ0) is 18.7. The van der Waals surface area contributed by atoms with Crippen LogP contribution in [0.1, 0.15) is 16.6 Å². The Balaban J connectivity index is 1.75. The Morgan fingerprint density at radius 3 is 2.77 bits per heavy atom. The second-order valence-corrected chi connectivity index (χ2v) is 6.45. The van der Waals surface area contributed by atoms with Gasteiger partial charge in [0.15, 0.2) is 0 Å². The highest BCUT2D eigenvalue weighted by Gasteiger charge is 2.12. The van der Waals surface area contributed by atoms with Gasteiger partial charge in [0.05, 0.1) is 6.61 Å². The van der Waals surface area contributed by atoms with Crippen molar-refractivity contribution in [2.24, 2.45) is 0 Å². The number of ether oxygens (including phenoxy) is 1. The maximum Gasteiger partial charge on any atom is 0.348 e. The molecule has 26 heavy (non-hydrogen) atoms. The molecule has 9 heteroatoms. The molecule has 0 aliphatic carbocycles. The number of thiophene rings is 1. The molecule has 0 saturated carbocycles. The van der Waals surface area contributed by atoms with Crippen LogP contribution in [0.5, 0.6) is 0 Å². The summed E-state index contributed by atoms with van der Waals surface area (Å²) in [6, 6.07) is 8.12. The standard InChI is InChI=1S/C17H15N3O5S/c1-2-25-16(23)13-8-10-7-11(3-4-12(10)26-13)18-15(22)9-20-6-5-14(21)19-17(20)24/h3-8H,2,9H2,1H3,(H,18,22)(H,19,21,24). The van der Waals surface area contributed by atoms with E-state index in [0.717, 1.165) is 14.7 Å². The fourth-order valence-electron chi connectivity index (χ4n) is 2.35. The molecule has 0 saturated heterocycles. The van der Waals surface area contributed by atoms with Gasteiger partial charge in [-0.2, -0.15) is 0 Å². The van der Waals surface area contributed by atoms with Crippen LogP contribution in [0.15, 0.2) is 46.1 Å². The quantitative estimate of drug-likeness (QED) is 0.660. The van der Waals surface area contributed by atoms with Gasteiger partial charge in [-0.3, -0.25) is 19.1 Å². The summed E-state index contributed by atoms with van der Waals surface area (Å²) in [4.78, 5) is 49.1. The number of hydrogen-bond acceptors (Lipinski definition) is 6. The largest absolute Gasteiger partial charge is 0.462 e. The summed E-state index contributed by atoms with van der Waals surface area (Å²) >= 11 is 1.31. The van der Waals surface area contributed by atoms with E-state index in [0.29, 0.717) is 17.2 Å². The predicted molar refractivity (Wildman–Crippen MR) is 97.7 cm³/mol. The third-order valence-corrected chi connectivity index (χ3v) is 4.58. The molecule has 0 atom stereocenters. The molecule has 134 valence electrons. The summed E-state index contributed by atoms with van der Waals surface area (Å²) < 4.78 is 6.97. The number of aromatic amines is 1. The number of amides is 1. The summed E-state index contributed by atoms with van der Waals surface area (Å²) in [5.41, 5.74) is -0.639. The van der Waals surface area contributed by atoms with Crippen LogP contribution < -0.4 is 16.6 Å². The summed E-state index contributed by atoms with van der Waals surface area (Å²) in [6.45, 7) is 1.82. The number of carbonyl (C=O) groups is 2. The van der Waals surface area contributed by atoms with Gasteiger partial charge in [-0.05, 0) is 36.6 Å². The van der Waals surface area contributed by atoms with E-state index in [4.69, 9.17) is 4.74 Å². The number of anilines is 1. The molecule has 2 aromatic heterocycles. The van der Waals surface area contributed by atoms with Crippen LogP contribution in [0.25, 0.3) is 10.1 Å². The van der Waals surface area contributed by atoms with E-state index in [1.807, 2.05) is 0 Å². The van der Waals surface area contributed by atoms with Gasteiger partial charge in [0.2, 0.25) is 5.91 Å². The highest BCUT2D eigenvalue weighted by atomic mass is 32.1. The number of hydrogen-bond donors (Lipinski definition) is 2. The SMILES string of the molecule is CCOC(=O)c1cc2cc(NC(=O)Cn3ccc(=O)[nH]c3=O)ccc2s1. The van der Waals surface area contributed by atoms with Gasteiger partial charge in [-0.25, -0.2) is 9.59 Å². The zero-order valence-corrected chi connectivity index (χ0v) is 14.6. The molecular weight excluding hydrogens is 358 g/mol. The Bertz CT molecular complexity index is 1100. The van der Waals surface area contributed by atoms with Crippen molar-refractivity contribution in [1.82, 2.24) is 9.55 Å². The van der Waals surface area contributed by atoms with E-state index in [1.165, 1.54) is 23.6 Å². The van der Waals surface area contributed by atoms with Crippen LogP contribution >= 0.6 is 11.3 Å². The lowest BCUT2D eigenvalue weighted by atomic mass is 10.2. The number of carbonyl (C=O) groups excluding carboxylic acids is 2. The summed E-state index contributed by atoms with van der Waals surface area (Å²) in [7, 11) is 0. The first kappa shape index (κ1) is 17.6. The first-order valence-electron chi connectivity index (χ1n) is 7.76. The second kappa shape index (κ2) is 7.36. The minimum atomic E-state index is -0.653. The third kappa shape index (κ3) is 3.89. The maximum atomic E-state index is 12.1. The molecule has 0 fully saturated rings. The predicted octanol–water partition coefficient (Wildman–Crippen LogP) is 1.57. The van der Waals surface area contributed by atoms with Crippen LogP contribution in [0.3, 0.4) is 0 Å². The molecule has 0 spiro atoms. The number of rotatable bonds is 5. The number of aromatic nitrogens is 2. The second-order valence-electron chi connectivity index (χ2n) is 5.37. The number of benzene rings is 1. The van der Waals surface area contributed by atoms with E-state index >= 15 is 0 Å². The molecule has 1 amide bonds. The normalized spacial score (nSPS) is 10.7. The van der Waals surface area contributed by atoms with Crippen molar-refractivity contribution in [3.63, 3.8) is 0 Å². The van der Waals surface area contributed by atoms with Gasteiger partial charge < -0.3 is 10.1 Å². The molecular formula is C17H15N3O5S. The topological polar surface area (TPSA) is 110 Å². The fraction of sp³-hybridized carbons (Fsp3) is 0.176. The molecule has 0 aliphatic heterocycles. The van der Waals surface area contributed by atoms with Crippen molar-refractivity contribution in [2.45, 2.75) is 13.5 Å². The Labute approximate surface area is 151 Å². The number of esters is 1. The van der Waals surface area contributed by atoms with E-state index < -0.39 is 17.2 Å². The minimum Gasteiger partial charge on any atom is -0.462 e. The average molecular weight is 373 g/mol. The average Bonchev–Trinajstić information content (AvgIpc) is 3.01. The molecule has 1 aromatic carbocycles. The van der Waals surface area contributed by atoms with E-state index in [9.17, 15) is 19.2 Å². The molecule has 8 nitrogen and oxygen atoms in total. The number of nitrogens with one attached hydrogen (secondary N) is 2. The highest BCUT2D eigenvalue weighted by Crippen LogP contribution is 2.28. The molecule has 2 N–H and O–H groups in total. The monoisotopic (exact) mass is 373 g/mol. The van der Waals surface area contributed by atoms with Gasteiger partial charge >= 0.3 is 11.7 Å². The zero-order valence-electron chi connectivity index (χ0n) is 13.8. The number of nitrogens with zero attached hydrogens (tertiary/aromatic N) is 1. The van der Waals surface area contributed by atoms with Crippen LogP contribution in [-0.4, -0.2) is 28.0 Å². The minimum absolute atomic E-state index is 0.231. The third-order valence-electron chi connectivity index (χ3n) is 3.49. The van der Waals surface area contributed by atoms with Crippen molar-refractivity contribution in [1.29, 1.82) is 0 Å². The van der Waals surface area contributed by atoms with Gasteiger partial charge in [-0.15, -0.1) is 11.3 Å². The Morgan fingerprint density at radius 1 is 1.23 bits per heavy atom. The van der Waals surface area contributed by atoms with E-state index in [2.05, 4.69) is 10.3 Å². The maximum absolute atomic E-state index is 12.1. The molecule has 2 heterocycles. The van der Waals surface area contributed by atoms with Gasteiger partial charge in [0, 0.05) is 22.7 Å². The molecule has 3 rings (SSSR count). The van der Waals surface area contributed by atoms with Crippen molar-refractivity contribution in [2.75, 3.05) is 11.9 Å². The molecule has 0 unspecified atom stereocenters. The lowest BCUT2D eigenvalue weighted by Crippen LogP contribution is -2.32. The first-order valence-corrected chi connectivity index (χ1v) is 8.58. The smallest absolute Gasteiger partial charge is 0.348 e. The molecule has 0 radical (unpaired) electrons. The molecule has 0 aliphatic rings.